The molecule has 0 aliphatic heterocycles. The zero-order valence-electron chi connectivity index (χ0n) is 11.6. The van der Waals surface area contributed by atoms with Gasteiger partial charge >= 0.3 is 0 Å². The van der Waals surface area contributed by atoms with Crippen molar-refractivity contribution in [2.75, 3.05) is 6.26 Å². The standard InChI is InChI=1S/C13H12N4O3S2/c1-21-13-16-11-10(22-13)12(19)17(7-15-11)6-9(18)14-5-8-3-2-4-20-8/h2-4,7H,5-6H2,1H3,(H,14,18). The highest BCUT2D eigenvalue weighted by Gasteiger charge is 2.12. The first kappa shape index (κ1) is 14.8. The summed E-state index contributed by atoms with van der Waals surface area (Å²) in [6.45, 7) is 0.197. The monoisotopic (exact) mass is 336 g/mol. The molecule has 0 aliphatic rings. The average molecular weight is 336 g/mol. The number of furan rings is 1. The molecule has 3 aromatic rings. The molecule has 3 heterocycles. The third-order valence-electron chi connectivity index (χ3n) is 2.89. The van der Waals surface area contributed by atoms with E-state index in [2.05, 4.69) is 15.3 Å². The van der Waals surface area contributed by atoms with E-state index in [-0.39, 0.29) is 24.6 Å². The smallest absolute Gasteiger partial charge is 0.273 e. The van der Waals surface area contributed by atoms with Crippen LogP contribution in [0, 0.1) is 0 Å². The van der Waals surface area contributed by atoms with E-state index in [1.807, 2.05) is 6.26 Å². The first-order valence-electron chi connectivity index (χ1n) is 6.36. The quantitative estimate of drug-likeness (QED) is 0.710. The highest BCUT2D eigenvalue weighted by atomic mass is 32.2. The van der Waals surface area contributed by atoms with Gasteiger partial charge in [-0.05, 0) is 18.4 Å². The van der Waals surface area contributed by atoms with E-state index in [9.17, 15) is 9.59 Å². The third kappa shape index (κ3) is 3.04. The Kier molecular flexibility index (Phi) is 4.25. The number of nitrogens with one attached hydrogen (secondary N) is 1. The van der Waals surface area contributed by atoms with Crippen molar-refractivity contribution in [3.63, 3.8) is 0 Å². The maximum atomic E-state index is 12.3. The molecular formula is C13H12N4O3S2. The Morgan fingerprint density at radius 2 is 2.41 bits per heavy atom. The maximum Gasteiger partial charge on any atom is 0.273 e. The molecule has 0 fully saturated rings. The molecule has 1 N–H and O–H groups in total. The maximum absolute atomic E-state index is 12.3. The van der Waals surface area contributed by atoms with Crippen LogP contribution in [-0.2, 0) is 17.9 Å². The second-order valence-corrected chi connectivity index (χ2v) is 6.42. The van der Waals surface area contributed by atoms with Gasteiger partial charge in [-0.15, -0.1) is 11.3 Å². The first-order valence-corrected chi connectivity index (χ1v) is 8.40. The topological polar surface area (TPSA) is 90.0 Å². The summed E-state index contributed by atoms with van der Waals surface area (Å²) in [4.78, 5) is 32.6. The number of hydrogen-bond acceptors (Lipinski definition) is 7. The molecule has 3 rings (SSSR count). The van der Waals surface area contributed by atoms with Crippen LogP contribution in [-0.4, -0.2) is 26.7 Å². The Bertz CT molecular complexity index is 854. The fourth-order valence-corrected chi connectivity index (χ4v) is 3.30. The molecular weight excluding hydrogens is 324 g/mol. The number of rotatable bonds is 5. The number of fused-ring (bicyclic) bond motifs is 1. The molecule has 0 aliphatic carbocycles. The molecule has 0 bridgehead atoms. The lowest BCUT2D eigenvalue weighted by atomic mass is 10.4. The minimum absolute atomic E-state index is 0.0883. The summed E-state index contributed by atoms with van der Waals surface area (Å²) in [6, 6.07) is 3.51. The van der Waals surface area contributed by atoms with Gasteiger partial charge in [0.05, 0.1) is 12.8 Å². The Morgan fingerprint density at radius 3 is 3.14 bits per heavy atom. The lowest BCUT2D eigenvalue weighted by molar-refractivity contribution is -0.121. The van der Waals surface area contributed by atoms with Gasteiger partial charge in [-0.1, -0.05) is 11.8 Å². The molecule has 1 amide bonds. The van der Waals surface area contributed by atoms with Crippen LogP contribution in [0.5, 0.6) is 0 Å². The van der Waals surface area contributed by atoms with Gasteiger partial charge in [0.1, 0.15) is 23.3 Å². The van der Waals surface area contributed by atoms with E-state index in [1.54, 1.807) is 12.1 Å². The van der Waals surface area contributed by atoms with E-state index in [0.717, 1.165) is 4.34 Å². The third-order valence-corrected chi connectivity index (χ3v) is 4.91. The summed E-state index contributed by atoms with van der Waals surface area (Å²) in [5.74, 6) is 0.371. The van der Waals surface area contributed by atoms with Gasteiger partial charge in [0.25, 0.3) is 5.56 Å². The van der Waals surface area contributed by atoms with E-state index in [4.69, 9.17) is 4.42 Å². The molecule has 0 saturated carbocycles. The van der Waals surface area contributed by atoms with Crippen molar-refractivity contribution in [3.8, 4) is 0 Å². The summed E-state index contributed by atoms with van der Waals surface area (Å²) in [7, 11) is 0. The van der Waals surface area contributed by atoms with Gasteiger partial charge in [0.2, 0.25) is 5.91 Å². The van der Waals surface area contributed by atoms with Gasteiger partial charge in [-0.2, -0.15) is 0 Å². The second kappa shape index (κ2) is 6.32. The van der Waals surface area contributed by atoms with Gasteiger partial charge in [-0.3, -0.25) is 14.2 Å². The molecule has 114 valence electrons. The normalized spacial score (nSPS) is 11.0. The fraction of sp³-hybridized carbons (Fsp3) is 0.231. The number of aromatic nitrogens is 3. The minimum atomic E-state index is -0.283. The first-order chi connectivity index (χ1) is 10.7. The SMILES string of the molecule is CSc1nc2ncn(CC(=O)NCc3ccco3)c(=O)c2s1. The highest BCUT2D eigenvalue weighted by molar-refractivity contribution is 8.00. The van der Waals surface area contributed by atoms with Gasteiger partial charge < -0.3 is 9.73 Å². The van der Waals surface area contributed by atoms with Crippen LogP contribution in [0.25, 0.3) is 10.3 Å². The van der Waals surface area contributed by atoms with Crippen molar-refractivity contribution in [2.45, 2.75) is 17.4 Å². The van der Waals surface area contributed by atoms with Gasteiger partial charge in [0.15, 0.2) is 9.99 Å². The van der Waals surface area contributed by atoms with Crippen molar-refractivity contribution in [1.29, 1.82) is 0 Å². The number of amides is 1. The van der Waals surface area contributed by atoms with Crippen LogP contribution >= 0.6 is 23.1 Å². The van der Waals surface area contributed by atoms with Crippen LogP contribution in [0.15, 0.2) is 38.3 Å². The van der Waals surface area contributed by atoms with Crippen molar-refractivity contribution >= 4 is 39.4 Å². The number of thiazole rings is 1. The van der Waals surface area contributed by atoms with Gasteiger partial charge in [-0.25, -0.2) is 9.97 Å². The molecule has 22 heavy (non-hydrogen) atoms. The summed E-state index contributed by atoms with van der Waals surface area (Å²) in [5.41, 5.74) is 0.169. The lowest BCUT2D eigenvalue weighted by Gasteiger charge is -2.05. The van der Waals surface area contributed by atoms with Crippen molar-refractivity contribution in [1.82, 2.24) is 19.9 Å². The molecule has 0 saturated heterocycles. The largest absolute Gasteiger partial charge is 0.467 e. The lowest BCUT2D eigenvalue weighted by Crippen LogP contribution is -2.31. The molecule has 9 heteroatoms. The van der Waals surface area contributed by atoms with E-state index >= 15 is 0 Å². The highest BCUT2D eigenvalue weighted by Crippen LogP contribution is 2.24. The number of carbonyl (C=O) groups is 1. The van der Waals surface area contributed by atoms with Crippen molar-refractivity contribution < 1.29 is 9.21 Å². The average Bonchev–Trinajstić information content (AvgIpc) is 3.17. The summed E-state index contributed by atoms with van der Waals surface area (Å²) in [5, 5.41) is 2.69. The van der Waals surface area contributed by atoms with E-state index in [0.29, 0.717) is 16.1 Å². The van der Waals surface area contributed by atoms with Gasteiger partial charge in [0, 0.05) is 0 Å². The Labute approximate surface area is 133 Å². The minimum Gasteiger partial charge on any atom is -0.467 e. The number of carbonyl (C=O) groups excluding carboxylic acids is 1. The zero-order chi connectivity index (χ0) is 15.5. The fourth-order valence-electron chi connectivity index (χ4n) is 1.84. The number of thioether (sulfide) groups is 1. The predicted octanol–water partition coefficient (Wildman–Crippen LogP) is 1.48. The summed E-state index contributed by atoms with van der Waals surface area (Å²) < 4.78 is 7.65. The summed E-state index contributed by atoms with van der Waals surface area (Å²) in [6.07, 6.45) is 4.77. The van der Waals surface area contributed by atoms with Crippen LogP contribution in [0.4, 0.5) is 0 Å². The molecule has 0 radical (unpaired) electrons. The second-order valence-electron chi connectivity index (χ2n) is 4.37. The zero-order valence-corrected chi connectivity index (χ0v) is 13.2. The summed E-state index contributed by atoms with van der Waals surface area (Å²) >= 11 is 2.74. The van der Waals surface area contributed by atoms with E-state index in [1.165, 1.54) is 40.3 Å². The molecule has 7 nitrogen and oxygen atoms in total. The van der Waals surface area contributed by atoms with Crippen LogP contribution in [0.3, 0.4) is 0 Å². The Balaban J connectivity index is 1.74. The molecule has 3 aromatic heterocycles. The molecule has 0 atom stereocenters. The molecule has 0 unspecified atom stereocenters. The molecule has 0 spiro atoms. The predicted molar refractivity (Wildman–Crippen MR) is 84.0 cm³/mol. The van der Waals surface area contributed by atoms with Crippen LogP contribution in [0.1, 0.15) is 5.76 Å². The van der Waals surface area contributed by atoms with Crippen LogP contribution in [0.2, 0.25) is 0 Å². The van der Waals surface area contributed by atoms with Crippen molar-refractivity contribution in [3.05, 3.63) is 40.8 Å². The Morgan fingerprint density at radius 1 is 1.55 bits per heavy atom. The Hall–Kier alpha value is -2.13. The van der Waals surface area contributed by atoms with Crippen molar-refractivity contribution in [2.24, 2.45) is 0 Å². The molecule has 0 aromatic carbocycles. The number of hydrogen-bond donors (Lipinski definition) is 1. The van der Waals surface area contributed by atoms with Crippen LogP contribution < -0.4 is 10.9 Å². The van der Waals surface area contributed by atoms with E-state index < -0.39 is 0 Å². The number of nitrogens with zero attached hydrogens (tertiary/aromatic N) is 3.